The molecule has 0 saturated heterocycles. The summed E-state index contributed by atoms with van der Waals surface area (Å²) in [6, 6.07) is -0.131. The molecule has 0 fully saturated rings. The lowest BCUT2D eigenvalue weighted by atomic mass is 10.2. The summed E-state index contributed by atoms with van der Waals surface area (Å²) in [5.74, 6) is 0.0870. The van der Waals surface area contributed by atoms with E-state index in [1.54, 1.807) is 19.0 Å². The molecule has 0 aliphatic heterocycles. The van der Waals surface area contributed by atoms with Gasteiger partial charge in [0, 0.05) is 20.7 Å². The Morgan fingerprint density at radius 1 is 1.46 bits per heavy atom. The van der Waals surface area contributed by atoms with Crippen LogP contribution in [0.3, 0.4) is 0 Å². The van der Waals surface area contributed by atoms with Crippen molar-refractivity contribution in [3.63, 3.8) is 0 Å². The fourth-order valence-electron chi connectivity index (χ4n) is 1.03. The van der Waals surface area contributed by atoms with Gasteiger partial charge in [0.05, 0.1) is 6.04 Å². The van der Waals surface area contributed by atoms with Crippen LogP contribution in [0.4, 0.5) is 0 Å². The van der Waals surface area contributed by atoms with Crippen molar-refractivity contribution in [3.8, 4) is 0 Å². The highest BCUT2D eigenvalue weighted by Gasteiger charge is 2.12. The number of aliphatic hydroxyl groups excluding tert-OH is 1. The van der Waals surface area contributed by atoms with Crippen LogP contribution in [0.2, 0.25) is 0 Å². The van der Waals surface area contributed by atoms with E-state index < -0.39 is 0 Å². The summed E-state index contributed by atoms with van der Waals surface area (Å²) < 4.78 is 0. The van der Waals surface area contributed by atoms with Crippen LogP contribution in [-0.4, -0.2) is 49.2 Å². The summed E-state index contributed by atoms with van der Waals surface area (Å²) in [6.45, 7) is 2.85. The van der Waals surface area contributed by atoms with Crippen LogP contribution in [0, 0.1) is 0 Å². The van der Waals surface area contributed by atoms with Crippen LogP contribution in [0.5, 0.6) is 0 Å². The molecule has 0 aromatic carbocycles. The number of rotatable bonds is 6. The average molecular weight is 188 g/mol. The van der Waals surface area contributed by atoms with Crippen molar-refractivity contribution in [1.82, 2.24) is 10.2 Å². The van der Waals surface area contributed by atoms with Crippen LogP contribution >= 0.6 is 0 Å². The quantitative estimate of drug-likeness (QED) is 0.569. The zero-order valence-electron chi connectivity index (χ0n) is 8.71. The standard InChI is InChI=1S/C9H20N2O2/c1-8(9(13)11(2)3)10-6-4-5-7-12/h8,10,12H,4-7H2,1-3H3. The molecular weight excluding hydrogens is 168 g/mol. The number of nitrogens with one attached hydrogen (secondary N) is 1. The first-order valence-electron chi connectivity index (χ1n) is 4.65. The molecule has 0 heterocycles. The first kappa shape index (κ1) is 12.4. The lowest BCUT2D eigenvalue weighted by molar-refractivity contribution is -0.130. The highest BCUT2D eigenvalue weighted by atomic mass is 16.2. The van der Waals surface area contributed by atoms with Crippen LogP contribution in [0.25, 0.3) is 0 Å². The first-order valence-corrected chi connectivity index (χ1v) is 4.65. The monoisotopic (exact) mass is 188 g/mol. The zero-order valence-corrected chi connectivity index (χ0v) is 8.71. The summed E-state index contributed by atoms with van der Waals surface area (Å²) in [5.41, 5.74) is 0. The van der Waals surface area contributed by atoms with Gasteiger partial charge < -0.3 is 15.3 Å². The maximum Gasteiger partial charge on any atom is 0.238 e. The van der Waals surface area contributed by atoms with Gasteiger partial charge in [-0.2, -0.15) is 0 Å². The molecule has 4 heteroatoms. The Morgan fingerprint density at radius 2 is 2.08 bits per heavy atom. The molecule has 0 rings (SSSR count). The Labute approximate surface area is 79.9 Å². The van der Waals surface area contributed by atoms with Gasteiger partial charge in [0.2, 0.25) is 5.91 Å². The summed E-state index contributed by atoms with van der Waals surface area (Å²) in [4.78, 5) is 12.9. The van der Waals surface area contributed by atoms with Crippen molar-refractivity contribution < 1.29 is 9.90 Å². The number of unbranched alkanes of at least 4 members (excludes halogenated alkanes) is 1. The Bertz CT molecular complexity index is 149. The van der Waals surface area contributed by atoms with E-state index in [1.807, 2.05) is 6.92 Å². The maximum atomic E-state index is 11.3. The number of nitrogens with zero attached hydrogens (tertiary/aromatic N) is 1. The molecule has 0 aromatic rings. The molecule has 78 valence electrons. The fraction of sp³-hybridized carbons (Fsp3) is 0.889. The van der Waals surface area contributed by atoms with E-state index >= 15 is 0 Å². The van der Waals surface area contributed by atoms with Crippen molar-refractivity contribution >= 4 is 5.91 Å². The summed E-state index contributed by atoms with van der Waals surface area (Å²) in [7, 11) is 3.49. The van der Waals surface area contributed by atoms with Gasteiger partial charge >= 0.3 is 0 Å². The average Bonchev–Trinajstić information content (AvgIpc) is 2.10. The number of aliphatic hydroxyl groups is 1. The van der Waals surface area contributed by atoms with Gasteiger partial charge in [-0.05, 0) is 26.3 Å². The van der Waals surface area contributed by atoms with Crippen molar-refractivity contribution in [1.29, 1.82) is 0 Å². The molecule has 0 radical (unpaired) electrons. The Morgan fingerprint density at radius 3 is 2.54 bits per heavy atom. The third-order valence-corrected chi connectivity index (χ3v) is 1.85. The lowest BCUT2D eigenvalue weighted by Gasteiger charge is -2.17. The third-order valence-electron chi connectivity index (χ3n) is 1.85. The van der Waals surface area contributed by atoms with Gasteiger partial charge in [0.1, 0.15) is 0 Å². The maximum absolute atomic E-state index is 11.3. The van der Waals surface area contributed by atoms with Crippen LogP contribution in [0.1, 0.15) is 19.8 Å². The van der Waals surface area contributed by atoms with E-state index in [4.69, 9.17) is 5.11 Å². The van der Waals surface area contributed by atoms with Crippen LogP contribution < -0.4 is 5.32 Å². The topological polar surface area (TPSA) is 52.6 Å². The number of carbonyl (C=O) groups is 1. The Hall–Kier alpha value is -0.610. The van der Waals surface area contributed by atoms with Crippen molar-refractivity contribution in [2.24, 2.45) is 0 Å². The number of amides is 1. The predicted octanol–water partition coefficient (Wildman–Crippen LogP) is -0.175. The number of hydrogen-bond acceptors (Lipinski definition) is 3. The molecule has 0 aromatic heterocycles. The lowest BCUT2D eigenvalue weighted by Crippen LogP contribution is -2.41. The third kappa shape index (κ3) is 5.60. The second-order valence-electron chi connectivity index (χ2n) is 3.34. The van der Waals surface area contributed by atoms with Crippen molar-refractivity contribution in [2.45, 2.75) is 25.8 Å². The van der Waals surface area contributed by atoms with E-state index in [9.17, 15) is 4.79 Å². The summed E-state index contributed by atoms with van der Waals surface area (Å²) >= 11 is 0. The molecule has 2 N–H and O–H groups in total. The van der Waals surface area contributed by atoms with Crippen molar-refractivity contribution in [2.75, 3.05) is 27.2 Å². The van der Waals surface area contributed by atoms with Gasteiger partial charge in [-0.15, -0.1) is 0 Å². The molecule has 0 aliphatic carbocycles. The minimum absolute atomic E-state index is 0.0870. The minimum Gasteiger partial charge on any atom is -0.396 e. The van der Waals surface area contributed by atoms with E-state index in [-0.39, 0.29) is 18.6 Å². The largest absolute Gasteiger partial charge is 0.396 e. The van der Waals surface area contributed by atoms with Gasteiger partial charge in [0.25, 0.3) is 0 Å². The van der Waals surface area contributed by atoms with Gasteiger partial charge in [-0.25, -0.2) is 0 Å². The first-order chi connectivity index (χ1) is 6.09. The Kier molecular flexibility index (Phi) is 6.54. The molecule has 0 bridgehead atoms. The Balaban J connectivity index is 3.50. The number of carbonyl (C=O) groups excluding carboxylic acids is 1. The number of hydrogen-bond donors (Lipinski definition) is 2. The van der Waals surface area contributed by atoms with Gasteiger partial charge in [-0.1, -0.05) is 0 Å². The number of likely N-dealkylation sites (N-methyl/N-ethyl adjacent to an activating group) is 1. The van der Waals surface area contributed by atoms with Gasteiger partial charge in [-0.3, -0.25) is 4.79 Å². The predicted molar refractivity (Wildman–Crippen MR) is 52.5 cm³/mol. The molecule has 0 saturated carbocycles. The molecule has 0 aliphatic rings. The smallest absolute Gasteiger partial charge is 0.238 e. The zero-order chi connectivity index (χ0) is 10.3. The van der Waals surface area contributed by atoms with Gasteiger partial charge in [0.15, 0.2) is 0 Å². The second kappa shape index (κ2) is 6.86. The van der Waals surface area contributed by atoms with Crippen LogP contribution in [-0.2, 0) is 4.79 Å². The highest BCUT2D eigenvalue weighted by molar-refractivity contribution is 5.80. The summed E-state index contributed by atoms with van der Waals surface area (Å²) in [6.07, 6.45) is 1.69. The van der Waals surface area contributed by atoms with E-state index in [2.05, 4.69) is 5.32 Å². The molecule has 13 heavy (non-hydrogen) atoms. The SMILES string of the molecule is CC(NCCCCO)C(=O)N(C)C. The minimum atomic E-state index is -0.131. The van der Waals surface area contributed by atoms with E-state index in [0.717, 1.165) is 19.4 Å². The fourth-order valence-corrected chi connectivity index (χ4v) is 1.03. The molecule has 1 atom stereocenters. The normalized spacial score (nSPS) is 12.6. The molecule has 4 nitrogen and oxygen atoms in total. The molecular formula is C9H20N2O2. The molecule has 0 spiro atoms. The van der Waals surface area contributed by atoms with Crippen LogP contribution in [0.15, 0.2) is 0 Å². The molecule has 1 unspecified atom stereocenters. The highest BCUT2D eigenvalue weighted by Crippen LogP contribution is 1.90. The second-order valence-corrected chi connectivity index (χ2v) is 3.34. The van der Waals surface area contributed by atoms with E-state index in [0.29, 0.717) is 0 Å². The van der Waals surface area contributed by atoms with E-state index in [1.165, 1.54) is 0 Å². The summed E-state index contributed by atoms with van der Waals surface area (Å²) in [5, 5.41) is 11.6. The van der Waals surface area contributed by atoms with Crippen molar-refractivity contribution in [3.05, 3.63) is 0 Å². The molecule has 1 amide bonds.